The van der Waals surface area contributed by atoms with E-state index in [1.54, 1.807) is 0 Å². The van der Waals surface area contributed by atoms with Gasteiger partial charge in [-0.2, -0.15) is 0 Å². The Morgan fingerprint density at radius 3 is 2.84 bits per heavy atom. The zero-order chi connectivity index (χ0) is 13.7. The van der Waals surface area contributed by atoms with E-state index < -0.39 is 0 Å². The van der Waals surface area contributed by atoms with Crippen molar-refractivity contribution in [3.8, 4) is 0 Å². The van der Waals surface area contributed by atoms with Crippen LogP contribution in [0.25, 0.3) is 0 Å². The molecule has 4 heteroatoms. The molecule has 0 aliphatic carbocycles. The Bertz CT molecular complexity index is 405. The summed E-state index contributed by atoms with van der Waals surface area (Å²) < 4.78 is 0. The molecule has 0 bridgehead atoms. The van der Waals surface area contributed by atoms with E-state index in [9.17, 15) is 0 Å². The summed E-state index contributed by atoms with van der Waals surface area (Å²) in [6.45, 7) is 9.67. The molecule has 2 rings (SSSR count). The van der Waals surface area contributed by atoms with Crippen molar-refractivity contribution < 1.29 is 0 Å². The Balaban J connectivity index is 2.19. The predicted molar refractivity (Wildman–Crippen MR) is 80.8 cm³/mol. The fourth-order valence-electron chi connectivity index (χ4n) is 2.68. The monoisotopic (exact) mass is 262 g/mol. The van der Waals surface area contributed by atoms with Gasteiger partial charge in [-0.3, -0.25) is 0 Å². The van der Waals surface area contributed by atoms with Gasteiger partial charge in [0, 0.05) is 32.1 Å². The van der Waals surface area contributed by atoms with Crippen LogP contribution in [0, 0.1) is 5.92 Å². The largest absolute Gasteiger partial charge is 0.370 e. The normalized spacial score (nSPS) is 19.5. The first kappa shape index (κ1) is 14.1. The van der Waals surface area contributed by atoms with Crippen LogP contribution in [0.1, 0.15) is 45.9 Å². The third kappa shape index (κ3) is 3.58. The third-order valence-electron chi connectivity index (χ3n) is 3.85. The highest BCUT2D eigenvalue weighted by molar-refractivity contribution is 5.49. The molecule has 1 saturated heterocycles. The second-order valence-electron chi connectivity index (χ2n) is 5.27. The second kappa shape index (κ2) is 6.73. The minimum atomic E-state index is 0.816. The van der Waals surface area contributed by atoms with E-state index in [4.69, 9.17) is 4.98 Å². The molecular weight excluding hydrogens is 236 g/mol. The minimum Gasteiger partial charge on any atom is -0.370 e. The average molecular weight is 262 g/mol. The number of rotatable bonds is 5. The zero-order valence-corrected chi connectivity index (χ0v) is 12.4. The summed E-state index contributed by atoms with van der Waals surface area (Å²) >= 11 is 0. The molecule has 1 aromatic rings. The summed E-state index contributed by atoms with van der Waals surface area (Å²) in [5.74, 6) is 3.81. The van der Waals surface area contributed by atoms with E-state index in [1.165, 1.54) is 19.3 Å². The van der Waals surface area contributed by atoms with Crippen molar-refractivity contribution in [1.29, 1.82) is 0 Å². The molecule has 2 heterocycles. The van der Waals surface area contributed by atoms with Gasteiger partial charge in [0.2, 0.25) is 0 Å². The molecule has 1 fully saturated rings. The predicted octanol–water partition coefficient (Wildman–Crippen LogP) is 3.10. The van der Waals surface area contributed by atoms with Crippen molar-refractivity contribution in [3.63, 3.8) is 0 Å². The van der Waals surface area contributed by atoms with Gasteiger partial charge in [0.25, 0.3) is 0 Å². The SMILES string of the molecule is CCNc1cc(N2CCCC(CC)C2)nc(CC)n1. The number of nitrogens with zero attached hydrogens (tertiary/aromatic N) is 3. The quantitative estimate of drug-likeness (QED) is 0.885. The van der Waals surface area contributed by atoms with Gasteiger partial charge in [0.1, 0.15) is 17.5 Å². The van der Waals surface area contributed by atoms with Crippen molar-refractivity contribution in [2.24, 2.45) is 5.92 Å². The van der Waals surface area contributed by atoms with Crippen molar-refractivity contribution in [2.75, 3.05) is 29.9 Å². The number of aromatic nitrogens is 2. The number of piperidine rings is 1. The Kier molecular flexibility index (Phi) is 5.00. The van der Waals surface area contributed by atoms with Gasteiger partial charge in [-0.1, -0.05) is 20.3 Å². The zero-order valence-electron chi connectivity index (χ0n) is 12.4. The van der Waals surface area contributed by atoms with Crippen LogP contribution in [-0.2, 0) is 6.42 Å². The maximum absolute atomic E-state index is 4.70. The highest BCUT2D eigenvalue weighted by Crippen LogP contribution is 2.25. The molecule has 1 aliphatic rings. The van der Waals surface area contributed by atoms with Crippen molar-refractivity contribution in [2.45, 2.75) is 46.5 Å². The molecule has 1 atom stereocenters. The summed E-state index contributed by atoms with van der Waals surface area (Å²) in [4.78, 5) is 11.7. The molecule has 106 valence electrons. The lowest BCUT2D eigenvalue weighted by molar-refractivity contribution is 0.403. The Morgan fingerprint density at radius 1 is 1.32 bits per heavy atom. The number of aryl methyl sites for hydroxylation is 1. The fourth-order valence-corrected chi connectivity index (χ4v) is 2.68. The molecular formula is C15H26N4. The minimum absolute atomic E-state index is 0.816. The van der Waals surface area contributed by atoms with E-state index in [0.29, 0.717) is 0 Å². The molecule has 4 nitrogen and oxygen atoms in total. The lowest BCUT2D eigenvalue weighted by atomic mass is 9.96. The summed E-state index contributed by atoms with van der Waals surface area (Å²) in [6, 6.07) is 2.10. The first-order chi connectivity index (χ1) is 9.26. The van der Waals surface area contributed by atoms with Crippen LogP contribution in [0.2, 0.25) is 0 Å². The van der Waals surface area contributed by atoms with Crippen LogP contribution in [0.5, 0.6) is 0 Å². The number of nitrogens with one attached hydrogen (secondary N) is 1. The van der Waals surface area contributed by atoms with Crippen LogP contribution >= 0.6 is 0 Å². The van der Waals surface area contributed by atoms with Gasteiger partial charge in [-0.05, 0) is 25.7 Å². The summed E-state index contributed by atoms with van der Waals surface area (Å²) in [6.07, 6.45) is 4.79. The molecule has 1 aliphatic heterocycles. The van der Waals surface area contributed by atoms with Gasteiger partial charge in [-0.15, -0.1) is 0 Å². The van der Waals surface area contributed by atoms with Gasteiger partial charge < -0.3 is 10.2 Å². The van der Waals surface area contributed by atoms with Crippen LogP contribution in [0.15, 0.2) is 6.07 Å². The Labute approximate surface area is 116 Å². The van der Waals surface area contributed by atoms with E-state index in [-0.39, 0.29) is 0 Å². The average Bonchev–Trinajstić information content (AvgIpc) is 2.47. The molecule has 0 spiro atoms. The van der Waals surface area contributed by atoms with E-state index in [2.05, 4.69) is 42.0 Å². The smallest absolute Gasteiger partial charge is 0.134 e. The van der Waals surface area contributed by atoms with Crippen LogP contribution in [0.3, 0.4) is 0 Å². The van der Waals surface area contributed by atoms with Crippen molar-refractivity contribution in [3.05, 3.63) is 11.9 Å². The maximum atomic E-state index is 4.70. The van der Waals surface area contributed by atoms with Crippen molar-refractivity contribution in [1.82, 2.24) is 9.97 Å². The van der Waals surface area contributed by atoms with E-state index in [1.807, 2.05) is 0 Å². The lowest BCUT2D eigenvalue weighted by Crippen LogP contribution is -2.36. The highest BCUT2D eigenvalue weighted by Gasteiger charge is 2.20. The van der Waals surface area contributed by atoms with Gasteiger partial charge >= 0.3 is 0 Å². The molecule has 1 unspecified atom stereocenters. The number of anilines is 2. The van der Waals surface area contributed by atoms with Crippen LogP contribution in [0.4, 0.5) is 11.6 Å². The molecule has 0 radical (unpaired) electrons. The van der Waals surface area contributed by atoms with Crippen molar-refractivity contribution >= 4 is 11.6 Å². The van der Waals surface area contributed by atoms with Gasteiger partial charge in [0.05, 0.1) is 0 Å². The number of hydrogen-bond donors (Lipinski definition) is 1. The van der Waals surface area contributed by atoms with Crippen LogP contribution < -0.4 is 10.2 Å². The molecule has 0 amide bonds. The van der Waals surface area contributed by atoms with Gasteiger partial charge in [-0.25, -0.2) is 9.97 Å². The molecule has 0 aromatic carbocycles. The highest BCUT2D eigenvalue weighted by atomic mass is 15.2. The first-order valence-corrected chi connectivity index (χ1v) is 7.63. The molecule has 1 aromatic heterocycles. The number of hydrogen-bond acceptors (Lipinski definition) is 4. The lowest BCUT2D eigenvalue weighted by Gasteiger charge is -2.33. The van der Waals surface area contributed by atoms with Crippen LogP contribution in [-0.4, -0.2) is 29.6 Å². The third-order valence-corrected chi connectivity index (χ3v) is 3.85. The maximum Gasteiger partial charge on any atom is 0.134 e. The van der Waals surface area contributed by atoms with E-state index >= 15 is 0 Å². The Morgan fingerprint density at radius 2 is 2.16 bits per heavy atom. The molecule has 19 heavy (non-hydrogen) atoms. The van der Waals surface area contributed by atoms with Gasteiger partial charge in [0.15, 0.2) is 0 Å². The summed E-state index contributed by atoms with van der Waals surface area (Å²) in [5, 5.41) is 3.31. The van der Waals surface area contributed by atoms with E-state index in [0.717, 1.165) is 49.4 Å². The Hall–Kier alpha value is -1.32. The summed E-state index contributed by atoms with van der Waals surface area (Å²) in [5.41, 5.74) is 0. The molecule has 0 saturated carbocycles. The second-order valence-corrected chi connectivity index (χ2v) is 5.27. The first-order valence-electron chi connectivity index (χ1n) is 7.63. The molecule has 1 N–H and O–H groups in total. The summed E-state index contributed by atoms with van der Waals surface area (Å²) in [7, 11) is 0. The standard InChI is InChI=1S/C15H26N4/c1-4-12-8-7-9-19(11-12)15-10-14(16-6-3)17-13(5-2)18-15/h10,12H,4-9,11H2,1-3H3,(H,16,17,18). The topological polar surface area (TPSA) is 41.0 Å². The fraction of sp³-hybridized carbons (Fsp3) is 0.733.